The quantitative estimate of drug-likeness (QED) is 0.472. The number of H-pyrrole nitrogens is 1. The third-order valence-corrected chi connectivity index (χ3v) is 5.03. The number of aromatic nitrogens is 2. The lowest BCUT2D eigenvalue weighted by atomic mass is 10.2. The van der Waals surface area contributed by atoms with Crippen molar-refractivity contribution in [3.63, 3.8) is 0 Å². The van der Waals surface area contributed by atoms with Gasteiger partial charge in [0.05, 0.1) is 19.3 Å². The third kappa shape index (κ3) is 5.35. The van der Waals surface area contributed by atoms with Crippen molar-refractivity contribution in [2.24, 2.45) is 0 Å². The van der Waals surface area contributed by atoms with E-state index < -0.39 is 37.5 Å². The van der Waals surface area contributed by atoms with Crippen LogP contribution < -0.4 is 11.2 Å². The molecule has 0 bridgehead atoms. The summed E-state index contributed by atoms with van der Waals surface area (Å²) < 4.78 is 34.0. The van der Waals surface area contributed by atoms with Gasteiger partial charge in [-0.15, -0.1) is 0 Å². The average molecular weight is 392 g/mol. The van der Waals surface area contributed by atoms with E-state index in [1.165, 1.54) is 17.9 Å². The molecule has 0 radical (unpaired) electrons. The van der Waals surface area contributed by atoms with Crippen molar-refractivity contribution >= 4 is 7.82 Å². The fraction of sp³-hybridized carbons (Fsp3) is 0.733. The molecular weight excluding hydrogens is 367 g/mol. The SMILES string of the molecule is CCCCOP(=O)(O)OC[C@H]1C[C@@H](OC)[C@H](n2cc(C)c(=O)[nH]c2=O)O1. The van der Waals surface area contributed by atoms with E-state index in [0.29, 0.717) is 18.4 Å². The average Bonchev–Trinajstić information content (AvgIpc) is 3.00. The van der Waals surface area contributed by atoms with Gasteiger partial charge < -0.3 is 14.4 Å². The number of unbranched alkanes of at least 4 members (excludes halogenated alkanes) is 1. The molecule has 2 rings (SSSR count). The molecule has 2 heterocycles. The van der Waals surface area contributed by atoms with Crippen LogP contribution in [-0.2, 0) is 23.1 Å². The number of phosphoric acid groups is 1. The van der Waals surface area contributed by atoms with Gasteiger partial charge in [0.2, 0.25) is 0 Å². The number of phosphoric ester groups is 1. The number of methoxy groups -OCH3 is 1. The minimum absolute atomic E-state index is 0.130. The van der Waals surface area contributed by atoms with Crippen molar-refractivity contribution in [1.29, 1.82) is 0 Å². The Kier molecular flexibility index (Phi) is 7.33. The Bertz CT molecular complexity index is 761. The molecule has 1 aromatic rings. The monoisotopic (exact) mass is 392 g/mol. The molecule has 0 aliphatic carbocycles. The van der Waals surface area contributed by atoms with Crippen LogP contribution >= 0.6 is 7.82 Å². The predicted molar refractivity (Wildman–Crippen MR) is 92.0 cm³/mol. The van der Waals surface area contributed by atoms with Crippen LogP contribution in [-0.4, -0.2) is 47.0 Å². The lowest BCUT2D eigenvalue weighted by molar-refractivity contribution is -0.0626. The van der Waals surface area contributed by atoms with E-state index >= 15 is 0 Å². The second kappa shape index (κ2) is 9.07. The van der Waals surface area contributed by atoms with E-state index in [1.54, 1.807) is 6.92 Å². The minimum Gasteiger partial charge on any atom is -0.377 e. The maximum atomic E-state index is 12.0. The van der Waals surface area contributed by atoms with Gasteiger partial charge in [-0.2, -0.15) is 0 Å². The number of hydrogen-bond donors (Lipinski definition) is 2. The second-order valence-corrected chi connectivity index (χ2v) is 7.54. The molecule has 1 fully saturated rings. The fourth-order valence-electron chi connectivity index (χ4n) is 2.59. The van der Waals surface area contributed by atoms with Crippen molar-refractivity contribution in [3.8, 4) is 0 Å². The Balaban J connectivity index is 2.03. The highest BCUT2D eigenvalue weighted by Gasteiger charge is 2.38. The van der Waals surface area contributed by atoms with Crippen LogP contribution in [0.15, 0.2) is 15.8 Å². The zero-order valence-electron chi connectivity index (χ0n) is 15.0. The van der Waals surface area contributed by atoms with Gasteiger partial charge in [-0.05, 0) is 13.3 Å². The first-order valence-electron chi connectivity index (χ1n) is 8.39. The molecule has 0 aromatic carbocycles. The van der Waals surface area contributed by atoms with E-state index in [4.69, 9.17) is 18.5 Å². The number of aryl methyl sites for hydroxylation is 1. The number of hydrogen-bond acceptors (Lipinski definition) is 7. The predicted octanol–water partition coefficient (Wildman–Crippen LogP) is 1.08. The summed E-state index contributed by atoms with van der Waals surface area (Å²) in [6.45, 7) is 3.45. The maximum Gasteiger partial charge on any atom is 0.472 e. The molecule has 26 heavy (non-hydrogen) atoms. The molecule has 2 N–H and O–H groups in total. The molecule has 0 saturated carbocycles. The van der Waals surface area contributed by atoms with Crippen LogP contribution in [0.3, 0.4) is 0 Å². The van der Waals surface area contributed by atoms with Crippen molar-refractivity contribution < 1.29 is 28.0 Å². The van der Waals surface area contributed by atoms with E-state index in [1.807, 2.05) is 6.92 Å². The Morgan fingerprint density at radius 2 is 2.15 bits per heavy atom. The van der Waals surface area contributed by atoms with Crippen LogP contribution in [0.25, 0.3) is 0 Å². The molecule has 1 aliphatic heterocycles. The number of nitrogens with one attached hydrogen (secondary N) is 1. The summed E-state index contributed by atoms with van der Waals surface area (Å²) >= 11 is 0. The molecule has 1 unspecified atom stereocenters. The molecule has 1 saturated heterocycles. The number of ether oxygens (including phenoxy) is 2. The lowest BCUT2D eigenvalue weighted by Gasteiger charge is -2.20. The van der Waals surface area contributed by atoms with Gasteiger partial charge in [-0.3, -0.25) is 23.4 Å². The van der Waals surface area contributed by atoms with Crippen LogP contribution in [0.4, 0.5) is 0 Å². The first kappa shape index (κ1) is 21.0. The van der Waals surface area contributed by atoms with Gasteiger partial charge in [0, 0.05) is 25.3 Å². The Labute approximate surface area is 150 Å². The van der Waals surface area contributed by atoms with E-state index in [0.717, 1.165) is 6.42 Å². The minimum atomic E-state index is -4.16. The van der Waals surface area contributed by atoms with Crippen LogP contribution in [0, 0.1) is 6.92 Å². The zero-order chi connectivity index (χ0) is 19.3. The maximum absolute atomic E-state index is 12.0. The summed E-state index contributed by atoms with van der Waals surface area (Å²) in [5.74, 6) is 0. The highest BCUT2D eigenvalue weighted by Crippen LogP contribution is 2.44. The summed E-state index contributed by atoms with van der Waals surface area (Å²) in [5, 5.41) is 0. The molecule has 0 amide bonds. The number of aromatic amines is 1. The molecule has 4 atom stereocenters. The normalized spacial score (nSPS) is 25.3. The van der Waals surface area contributed by atoms with E-state index in [2.05, 4.69) is 4.98 Å². The molecular formula is C15H25N2O8P. The highest BCUT2D eigenvalue weighted by molar-refractivity contribution is 7.47. The lowest BCUT2D eigenvalue weighted by Crippen LogP contribution is -2.36. The molecule has 10 nitrogen and oxygen atoms in total. The first-order chi connectivity index (χ1) is 12.3. The highest BCUT2D eigenvalue weighted by atomic mass is 31.2. The second-order valence-electron chi connectivity index (χ2n) is 6.09. The number of nitrogens with zero attached hydrogens (tertiary/aromatic N) is 1. The first-order valence-corrected chi connectivity index (χ1v) is 9.89. The largest absolute Gasteiger partial charge is 0.472 e. The fourth-order valence-corrected chi connectivity index (χ4v) is 3.38. The topological polar surface area (TPSA) is 129 Å². The third-order valence-electron chi connectivity index (χ3n) is 4.04. The van der Waals surface area contributed by atoms with E-state index in [-0.39, 0.29) is 13.2 Å². The van der Waals surface area contributed by atoms with Crippen molar-refractivity contribution in [2.45, 2.75) is 51.5 Å². The summed E-state index contributed by atoms with van der Waals surface area (Å²) in [4.78, 5) is 35.4. The Hall–Kier alpha value is -1.29. The summed E-state index contributed by atoms with van der Waals surface area (Å²) in [7, 11) is -2.68. The van der Waals surface area contributed by atoms with Gasteiger partial charge in [-0.25, -0.2) is 9.36 Å². The van der Waals surface area contributed by atoms with Gasteiger partial charge in [0.15, 0.2) is 6.23 Å². The smallest absolute Gasteiger partial charge is 0.377 e. The summed E-state index contributed by atoms with van der Waals surface area (Å²) in [6.07, 6.45) is 1.39. The van der Waals surface area contributed by atoms with Crippen LogP contribution in [0.2, 0.25) is 0 Å². The van der Waals surface area contributed by atoms with Crippen molar-refractivity contribution in [3.05, 3.63) is 32.6 Å². The van der Waals surface area contributed by atoms with Crippen molar-refractivity contribution in [2.75, 3.05) is 20.3 Å². The molecule has 11 heteroatoms. The standard InChI is InChI=1S/C15H25N2O8P/c1-4-5-6-23-26(20,21)24-9-11-7-12(22-3)14(25-11)17-8-10(2)13(18)16-15(17)19/h8,11-12,14H,4-7,9H2,1-3H3,(H,20,21)(H,16,18,19)/t11-,12-,14-/m1/s1. The zero-order valence-corrected chi connectivity index (χ0v) is 15.9. The molecule has 0 spiro atoms. The van der Waals surface area contributed by atoms with E-state index in [9.17, 15) is 19.0 Å². The van der Waals surface area contributed by atoms with Crippen LogP contribution in [0.5, 0.6) is 0 Å². The molecule has 1 aromatic heterocycles. The number of rotatable bonds is 9. The van der Waals surface area contributed by atoms with Gasteiger partial charge in [0.1, 0.15) is 6.10 Å². The van der Waals surface area contributed by atoms with Gasteiger partial charge in [-0.1, -0.05) is 13.3 Å². The van der Waals surface area contributed by atoms with Crippen molar-refractivity contribution in [1.82, 2.24) is 9.55 Å². The van der Waals surface area contributed by atoms with Gasteiger partial charge >= 0.3 is 13.5 Å². The van der Waals surface area contributed by atoms with Gasteiger partial charge in [0.25, 0.3) is 5.56 Å². The summed E-state index contributed by atoms with van der Waals surface area (Å²) in [5.41, 5.74) is -0.736. The Morgan fingerprint density at radius 1 is 1.42 bits per heavy atom. The van der Waals surface area contributed by atoms with Crippen LogP contribution in [0.1, 0.15) is 38.0 Å². The molecule has 1 aliphatic rings. The summed E-state index contributed by atoms with van der Waals surface area (Å²) in [6, 6.07) is 0. The molecule has 148 valence electrons. The Morgan fingerprint density at radius 3 is 2.81 bits per heavy atom.